The summed E-state index contributed by atoms with van der Waals surface area (Å²) in [5.41, 5.74) is -0.00556. The number of hydrogen-bond acceptors (Lipinski definition) is 6. The van der Waals surface area contributed by atoms with Gasteiger partial charge in [-0.15, -0.1) is 0 Å². The molecule has 0 saturated heterocycles. The van der Waals surface area contributed by atoms with E-state index in [1.807, 2.05) is 0 Å². The fraction of sp³-hybridized carbons (Fsp3) is 0.286. The number of aliphatic hydroxyl groups excluding tert-OH is 3. The third kappa shape index (κ3) is 2.62. The Bertz CT molecular complexity index is 675. The van der Waals surface area contributed by atoms with Crippen LogP contribution in [0, 0.1) is 0 Å². The molecule has 3 N–H and O–H groups in total. The lowest BCUT2D eigenvalue weighted by Crippen LogP contribution is -2.19. The van der Waals surface area contributed by atoms with Gasteiger partial charge in [0.25, 0.3) is 0 Å². The first-order chi connectivity index (χ1) is 9.58. The first-order valence-corrected chi connectivity index (χ1v) is 6.06. The van der Waals surface area contributed by atoms with E-state index in [9.17, 15) is 19.8 Å². The molecular formula is C14H14O6. The van der Waals surface area contributed by atoms with Crippen LogP contribution in [-0.4, -0.2) is 34.3 Å². The summed E-state index contributed by atoms with van der Waals surface area (Å²) in [7, 11) is 0. The van der Waals surface area contributed by atoms with E-state index in [4.69, 9.17) is 9.52 Å². The van der Waals surface area contributed by atoms with Crippen LogP contribution in [0.25, 0.3) is 11.0 Å². The summed E-state index contributed by atoms with van der Waals surface area (Å²) in [5, 5.41) is 28.5. The van der Waals surface area contributed by atoms with Gasteiger partial charge in [0.05, 0.1) is 17.1 Å². The summed E-state index contributed by atoms with van der Waals surface area (Å²) >= 11 is 0. The van der Waals surface area contributed by atoms with Crippen LogP contribution in [0.2, 0.25) is 0 Å². The topological polar surface area (TPSA) is 108 Å². The van der Waals surface area contributed by atoms with E-state index in [0.29, 0.717) is 11.8 Å². The fourth-order valence-electron chi connectivity index (χ4n) is 1.94. The molecule has 0 radical (unpaired) electrons. The number of hydrogen-bond donors (Lipinski definition) is 3. The summed E-state index contributed by atoms with van der Waals surface area (Å²) in [4.78, 5) is 22.7. The molecule has 0 bridgehead atoms. The number of carbonyl (C=O) groups is 1. The zero-order valence-corrected chi connectivity index (χ0v) is 10.5. The van der Waals surface area contributed by atoms with Gasteiger partial charge in [-0.3, -0.25) is 9.59 Å². The lowest BCUT2D eigenvalue weighted by molar-refractivity contribution is 0.00428. The van der Waals surface area contributed by atoms with Crippen molar-refractivity contribution in [3.8, 4) is 0 Å². The zero-order chi connectivity index (χ0) is 14.7. The fourth-order valence-corrected chi connectivity index (χ4v) is 1.94. The minimum Gasteiger partial charge on any atom is -0.463 e. The van der Waals surface area contributed by atoms with Crippen molar-refractivity contribution in [1.82, 2.24) is 0 Å². The van der Waals surface area contributed by atoms with E-state index in [2.05, 4.69) is 0 Å². The maximum absolute atomic E-state index is 12.0. The molecule has 0 aliphatic rings. The van der Waals surface area contributed by atoms with Crippen molar-refractivity contribution in [2.45, 2.75) is 18.6 Å². The molecule has 106 valence electrons. The quantitative estimate of drug-likeness (QED) is 0.682. The summed E-state index contributed by atoms with van der Waals surface area (Å²) in [5.74, 6) is 0. The Morgan fingerprint density at radius 2 is 2.05 bits per heavy atom. The average Bonchev–Trinajstić information content (AvgIpc) is 2.47. The second kappa shape index (κ2) is 5.96. The number of benzene rings is 1. The van der Waals surface area contributed by atoms with Crippen molar-refractivity contribution in [1.29, 1.82) is 0 Å². The Hall–Kier alpha value is -2.02. The number of fused-ring (bicyclic) bond motifs is 1. The van der Waals surface area contributed by atoms with E-state index in [1.54, 1.807) is 0 Å². The molecule has 2 rings (SSSR count). The Kier molecular flexibility index (Phi) is 4.29. The molecule has 0 amide bonds. The van der Waals surface area contributed by atoms with Gasteiger partial charge >= 0.3 is 0 Å². The van der Waals surface area contributed by atoms with Crippen LogP contribution in [-0.2, 0) is 0 Å². The highest BCUT2D eigenvalue weighted by Gasteiger charge is 2.19. The summed E-state index contributed by atoms with van der Waals surface area (Å²) in [6.07, 6.45) is -0.879. The second-order valence-corrected chi connectivity index (χ2v) is 4.42. The molecule has 6 heteroatoms. The Balaban J connectivity index is 2.49. The van der Waals surface area contributed by atoms with E-state index in [0.717, 1.165) is 6.26 Å². The molecule has 2 unspecified atom stereocenters. The third-order valence-electron chi connectivity index (χ3n) is 3.08. The second-order valence-electron chi connectivity index (χ2n) is 4.42. The number of carbonyl (C=O) groups excluding carboxylic acids is 1. The molecule has 0 fully saturated rings. The van der Waals surface area contributed by atoms with E-state index in [-0.39, 0.29) is 29.6 Å². The zero-order valence-electron chi connectivity index (χ0n) is 10.5. The molecule has 20 heavy (non-hydrogen) atoms. The Labute approximate surface area is 113 Å². The predicted octanol–water partition coefficient (Wildman–Crippen LogP) is 0.382. The number of rotatable bonds is 5. The van der Waals surface area contributed by atoms with Crippen LogP contribution in [0.1, 0.15) is 28.4 Å². The molecular weight excluding hydrogens is 264 g/mol. The van der Waals surface area contributed by atoms with Gasteiger partial charge in [-0.25, -0.2) is 0 Å². The van der Waals surface area contributed by atoms with Crippen molar-refractivity contribution in [3.05, 3.63) is 45.8 Å². The molecule has 0 spiro atoms. The largest absolute Gasteiger partial charge is 0.463 e. The smallest absolute Gasteiger partial charge is 0.203 e. The summed E-state index contributed by atoms with van der Waals surface area (Å²) in [6, 6.07) is 4.37. The maximum atomic E-state index is 12.0. The Morgan fingerprint density at radius 1 is 1.30 bits per heavy atom. The van der Waals surface area contributed by atoms with Crippen LogP contribution in [0.3, 0.4) is 0 Å². The molecule has 1 aromatic heterocycles. The monoisotopic (exact) mass is 278 g/mol. The van der Waals surface area contributed by atoms with Crippen molar-refractivity contribution < 1.29 is 24.5 Å². The standard InChI is InChI=1S/C14H14O6/c15-4-3-11(17)14(19)8-1-2-12-10(5-8)13(18)9(6-16)7-20-12/h1-2,5-7,11,14-15,17,19H,3-4H2. The highest BCUT2D eigenvalue weighted by molar-refractivity contribution is 5.84. The van der Waals surface area contributed by atoms with Gasteiger partial charge in [-0.05, 0) is 24.1 Å². The average molecular weight is 278 g/mol. The molecule has 0 saturated carbocycles. The van der Waals surface area contributed by atoms with Crippen molar-refractivity contribution in [2.75, 3.05) is 6.61 Å². The van der Waals surface area contributed by atoms with Gasteiger partial charge in [0, 0.05) is 6.61 Å². The van der Waals surface area contributed by atoms with Gasteiger partial charge in [-0.1, -0.05) is 6.07 Å². The summed E-state index contributed by atoms with van der Waals surface area (Å²) < 4.78 is 5.14. The van der Waals surface area contributed by atoms with Gasteiger partial charge in [0.15, 0.2) is 6.29 Å². The lowest BCUT2D eigenvalue weighted by atomic mass is 10.0. The van der Waals surface area contributed by atoms with E-state index in [1.165, 1.54) is 18.2 Å². The van der Waals surface area contributed by atoms with Crippen molar-refractivity contribution in [3.63, 3.8) is 0 Å². The SMILES string of the molecule is O=Cc1coc2ccc(C(O)C(O)CCO)cc2c1=O. The molecule has 2 atom stereocenters. The van der Waals surface area contributed by atoms with Crippen molar-refractivity contribution >= 4 is 17.3 Å². The highest BCUT2D eigenvalue weighted by atomic mass is 16.3. The van der Waals surface area contributed by atoms with Crippen LogP contribution >= 0.6 is 0 Å². The molecule has 2 aromatic rings. The predicted molar refractivity (Wildman–Crippen MR) is 70.5 cm³/mol. The first kappa shape index (κ1) is 14.4. The molecule has 0 aliphatic carbocycles. The molecule has 1 heterocycles. The van der Waals surface area contributed by atoms with Gasteiger partial charge in [0.1, 0.15) is 18.0 Å². The number of aldehydes is 1. The van der Waals surface area contributed by atoms with Gasteiger partial charge < -0.3 is 19.7 Å². The minimum atomic E-state index is -1.23. The van der Waals surface area contributed by atoms with Crippen LogP contribution in [0.4, 0.5) is 0 Å². The first-order valence-electron chi connectivity index (χ1n) is 6.06. The normalized spacial score (nSPS) is 14.2. The van der Waals surface area contributed by atoms with Crippen molar-refractivity contribution in [2.24, 2.45) is 0 Å². The molecule has 1 aromatic carbocycles. The third-order valence-corrected chi connectivity index (χ3v) is 3.08. The minimum absolute atomic E-state index is 0.0161. The van der Waals surface area contributed by atoms with Crippen LogP contribution < -0.4 is 5.43 Å². The van der Waals surface area contributed by atoms with E-state index >= 15 is 0 Å². The Morgan fingerprint density at radius 3 is 2.70 bits per heavy atom. The molecule has 6 nitrogen and oxygen atoms in total. The van der Waals surface area contributed by atoms with E-state index < -0.39 is 17.6 Å². The lowest BCUT2D eigenvalue weighted by Gasteiger charge is -2.17. The molecule has 0 aliphatic heterocycles. The number of aliphatic hydroxyl groups is 3. The maximum Gasteiger partial charge on any atom is 0.203 e. The van der Waals surface area contributed by atoms with Crippen LogP contribution in [0.5, 0.6) is 0 Å². The van der Waals surface area contributed by atoms with Gasteiger partial charge in [-0.2, -0.15) is 0 Å². The highest BCUT2D eigenvalue weighted by Crippen LogP contribution is 2.22. The summed E-state index contributed by atoms with van der Waals surface area (Å²) in [6.45, 7) is -0.261. The van der Waals surface area contributed by atoms with Gasteiger partial charge in [0.2, 0.25) is 5.43 Å². The van der Waals surface area contributed by atoms with Crippen LogP contribution in [0.15, 0.2) is 33.7 Å².